The molecular formula is C17H11Br2IO. The van der Waals surface area contributed by atoms with Crippen LogP contribution in [0.2, 0.25) is 0 Å². The van der Waals surface area contributed by atoms with Crippen molar-refractivity contribution in [3.8, 4) is 0 Å². The Balaban J connectivity index is 2.20. The quantitative estimate of drug-likeness (QED) is 0.410. The van der Waals surface area contributed by atoms with Gasteiger partial charge in [-0.2, -0.15) is 0 Å². The number of fused-ring (bicyclic) bond motifs is 1. The maximum Gasteiger partial charge on any atom is 0.106 e. The van der Waals surface area contributed by atoms with Crippen molar-refractivity contribution in [2.45, 2.75) is 6.10 Å². The van der Waals surface area contributed by atoms with Gasteiger partial charge in [0.05, 0.1) is 0 Å². The number of rotatable bonds is 2. The third kappa shape index (κ3) is 3.04. The zero-order valence-electron chi connectivity index (χ0n) is 10.9. The van der Waals surface area contributed by atoms with Crippen LogP contribution in [-0.2, 0) is 0 Å². The average Bonchev–Trinajstić information content (AvgIpc) is 2.50. The molecule has 1 atom stereocenters. The van der Waals surface area contributed by atoms with Gasteiger partial charge in [-0.1, -0.05) is 62.2 Å². The Hall–Kier alpha value is -0.430. The first-order valence-corrected chi connectivity index (χ1v) is 9.04. The lowest BCUT2D eigenvalue weighted by Crippen LogP contribution is -2.03. The molecule has 0 heterocycles. The molecule has 0 spiro atoms. The van der Waals surface area contributed by atoms with E-state index in [0.717, 1.165) is 34.4 Å². The summed E-state index contributed by atoms with van der Waals surface area (Å²) in [5.74, 6) is 0. The Morgan fingerprint density at radius 2 is 1.57 bits per heavy atom. The van der Waals surface area contributed by atoms with Gasteiger partial charge in [0.25, 0.3) is 0 Å². The third-order valence-electron chi connectivity index (χ3n) is 3.45. The summed E-state index contributed by atoms with van der Waals surface area (Å²) in [5, 5.41) is 13.0. The topological polar surface area (TPSA) is 20.2 Å². The molecule has 3 aromatic rings. The van der Waals surface area contributed by atoms with Crippen LogP contribution in [0.15, 0.2) is 63.5 Å². The smallest absolute Gasteiger partial charge is 0.106 e. The van der Waals surface area contributed by atoms with Crippen molar-refractivity contribution in [2.75, 3.05) is 0 Å². The second-order valence-electron chi connectivity index (χ2n) is 4.75. The normalized spacial score (nSPS) is 12.6. The average molecular weight is 518 g/mol. The van der Waals surface area contributed by atoms with E-state index in [9.17, 15) is 5.11 Å². The van der Waals surface area contributed by atoms with Gasteiger partial charge < -0.3 is 5.11 Å². The highest BCUT2D eigenvalue weighted by Gasteiger charge is 2.17. The van der Waals surface area contributed by atoms with E-state index in [1.54, 1.807) is 0 Å². The van der Waals surface area contributed by atoms with Crippen LogP contribution >= 0.6 is 54.5 Å². The summed E-state index contributed by atoms with van der Waals surface area (Å²) in [5.41, 5.74) is 1.84. The van der Waals surface area contributed by atoms with E-state index in [1.807, 2.05) is 48.5 Å². The third-order valence-corrected chi connectivity index (χ3v) is 5.62. The van der Waals surface area contributed by atoms with E-state index in [1.165, 1.54) is 0 Å². The Kier molecular flexibility index (Phi) is 4.69. The van der Waals surface area contributed by atoms with Gasteiger partial charge in [-0.15, -0.1) is 0 Å². The van der Waals surface area contributed by atoms with Crippen LogP contribution in [0.3, 0.4) is 0 Å². The molecule has 0 aromatic heterocycles. The lowest BCUT2D eigenvalue weighted by molar-refractivity contribution is 0.221. The van der Waals surface area contributed by atoms with Crippen LogP contribution < -0.4 is 0 Å². The summed E-state index contributed by atoms with van der Waals surface area (Å²) < 4.78 is 3.06. The first-order valence-electron chi connectivity index (χ1n) is 6.38. The Labute approximate surface area is 153 Å². The molecule has 0 aliphatic carbocycles. The van der Waals surface area contributed by atoms with Crippen molar-refractivity contribution in [2.24, 2.45) is 0 Å². The lowest BCUT2D eigenvalue weighted by Gasteiger charge is -2.17. The molecule has 0 saturated carbocycles. The summed E-state index contributed by atoms with van der Waals surface area (Å²) >= 11 is 9.31. The molecule has 1 unspecified atom stereocenters. The van der Waals surface area contributed by atoms with Crippen molar-refractivity contribution in [3.05, 3.63) is 78.2 Å². The number of hydrogen-bond acceptors (Lipinski definition) is 1. The molecular weight excluding hydrogens is 507 g/mol. The molecule has 0 aliphatic heterocycles. The number of hydrogen-bond donors (Lipinski definition) is 1. The van der Waals surface area contributed by atoms with Gasteiger partial charge in [0, 0.05) is 12.5 Å². The van der Waals surface area contributed by atoms with Crippen molar-refractivity contribution < 1.29 is 5.11 Å². The highest BCUT2D eigenvalue weighted by atomic mass is 127. The van der Waals surface area contributed by atoms with Crippen molar-refractivity contribution in [3.63, 3.8) is 0 Å². The molecule has 0 saturated heterocycles. The van der Waals surface area contributed by atoms with Crippen LogP contribution in [0.1, 0.15) is 17.2 Å². The predicted molar refractivity (Wildman–Crippen MR) is 103 cm³/mol. The van der Waals surface area contributed by atoms with Gasteiger partial charge in [0.1, 0.15) is 6.10 Å². The van der Waals surface area contributed by atoms with Crippen LogP contribution in [0, 0.1) is 3.57 Å². The number of halogens is 3. The van der Waals surface area contributed by atoms with Gasteiger partial charge in [0.2, 0.25) is 0 Å². The zero-order chi connectivity index (χ0) is 15.0. The van der Waals surface area contributed by atoms with E-state index in [0.29, 0.717) is 0 Å². The minimum Gasteiger partial charge on any atom is -0.384 e. The van der Waals surface area contributed by atoms with E-state index in [4.69, 9.17) is 0 Å². The maximum absolute atomic E-state index is 10.8. The summed E-state index contributed by atoms with van der Waals surface area (Å²) in [7, 11) is 0. The molecule has 106 valence electrons. The van der Waals surface area contributed by atoms with Crippen molar-refractivity contribution in [1.29, 1.82) is 0 Å². The van der Waals surface area contributed by atoms with E-state index in [-0.39, 0.29) is 0 Å². The summed E-state index contributed by atoms with van der Waals surface area (Å²) in [6, 6.07) is 18.0. The number of aliphatic hydroxyl groups excluding tert-OH is 1. The van der Waals surface area contributed by atoms with Crippen LogP contribution in [0.4, 0.5) is 0 Å². The zero-order valence-corrected chi connectivity index (χ0v) is 16.2. The fourth-order valence-corrected chi connectivity index (χ4v) is 3.90. The molecule has 21 heavy (non-hydrogen) atoms. The lowest BCUT2D eigenvalue weighted by atomic mass is 9.96. The van der Waals surface area contributed by atoms with Crippen molar-refractivity contribution >= 4 is 65.2 Å². The molecule has 0 bridgehead atoms. The highest BCUT2D eigenvalue weighted by Crippen LogP contribution is 2.35. The Bertz CT molecular complexity index is 817. The van der Waals surface area contributed by atoms with Crippen LogP contribution in [-0.4, -0.2) is 5.11 Å². The van der Waals surface area contributed by atoms with E-state index >= 15 is 0 Å². The fraction of sp³-hybridized carbons (Fsp3) is 0.0588. The van der Waals surface area contributed by atoms with Gasteiger partial charge in [-0.05, 0) is 68.8 Å². The Morgan fingerprint density at radius 3 is 2.33 bits per heavy atom. The fourth-order valence-electron chi connectivity index (χ4n) is 2.42. The summed E-state index contributed by atoms with van der Waals surface area (Å²) in [4.78, 5) is 0. The maximum atomic E-state index is 10.8. The SMILES string of the molecule is OC(c1cc(Br)ccc1I)c1ccc(Br)c2ccccc12. The predicted octanol–water partition coefficient (Wildman–Crippen LogP) is 6.05. The van der Waals surface area contributed by atoms with Gasteiger partial charge in [-0.3, -0.25) is 0 Å². The van der Waals surface area contributed by atoms with Gasteiger partial charge in [-0.25, -0.2) is 0 Å². The van der Waals surface area contributed by atoms with Gasteiger partial charge in [0.15, 0.2) is 0 Å². The number of benzene rings is 3. The minimum absolute atomic E-state index is 0.646. The monoisotopic (exact) mass is 516 g/mol. The first kappa shape index (κ1) is 15.5. The molecule has 0 aliphatic rings. The molecule has 3 aromatic carbocycles. The summed E-state index contributed by atoms with van der Waals surface area (Å²) in [6.07, 6.45) is -0.646. The van der Waals surface area contributed by atoms with Crippen LogP contribution in [0.5, 0.6) is 0 Å². The molecule has 0 radical (unpaired) electrons. The highest BCUT2D eigenvalue weighted by molar-refractivity contribution is 14.1. The molecule has 1 N–H and O–H groups in total. The first-order chi connectivity index (χ1) is 10.1. The standard InChI is InChI=1S/C17H11Br2IO/c18-10-5-8-16(20)14(9-10)17(21)13-6-7-15(19)12-4-2-1-3-11(12)13/h1-9,17,21H. The molecule has 0 fully saturated rings. The molecule has 3 rings (SSSR count). The largest absolute Gasteiger partial charge is 0.384 e. The molecule has 0 amide bonds. The second kappa shape index (κ2) is 6.36. The van der Waals surface area contributed by atoms with Gasteiger partial charge >= 0.3 is 0 Å². The second-order valence-corrected chi connectivity index (χ2v) is 7.68. The number of aliphatic hydroxyl groups is 1. The molecule has 4 heteroatoms. The Morgan fingerprint density at radius 1 is 0.857 bits per heavy atom. The van der Waals surface area contributed by atoms with E-state index in [2.05, 4.69) is 60.5 Å². The van der Waals surface area contributed by atoms with Crippen LogP contribution in [0.25, 0.3) is 10.8 Å². The van der Waals surface area contributed by atoms with Crippen molar-refractivity contribution in [1.82, 2.24) is 0 Å². The van der Waals surface area contributed by atoms with E-state index < -0.39 is 6.10 Å². The minimum atomic E-state index is -0.646. The molecule has 1 nitrogen and oxygen atoms in total. The summed E-state index contributed by atoms with van der Waals surface area (Å²) in [6.45, 7) is 0.